The fraction of sp³-hybridized carbons (Fsp3) is 0.857. The van der Waals surface area contributed by atoms with Gasteiger partial charge in [0.25, 0.3) is 0 Å². The molecular weight excluding hydrogens is 216 g/mol. The summed E-state index contributed by atoms with van der Waals surface area (Å²) in [4.78, 5) is 11.2. The first-order chi connectivity index (χ1) is 8.04. The van der Waals surface area contributed by atoms with Gasteiger partial charge in [-0.1, -0.05) is 26.8 Å². The van der Waals surface area contributed by atoms with E-state index in [0.717, 1.165) is 31.3 Å². The zero-order valence-corrected chi connectivity index (χ0v) is 11.2. The van der Waals surface area contributed by atoms with Gasteiger partial charge >= 0.3 is 0 Å². The average Bonchev–Trinajstić information content (AvgIpc) is 2.29. The van der Waals surface area contributed by atoms with Crippen molar-refractivity contribution in [2.75, 3.05) is 0 Å². The van der Waals surface area contributed by atoms with Gasteiger partial charge in [0, 0.05) is 12.8 Å². The van der Waals surface area contributed by atoms with Crippen LogP contribution in [0.1, 0.15) is 52.9 Å². The van der Waals surface area contributed by atoms with Crippen molar-refractivity contribution in [1.29, 1.82) is 0 Å². The van der Waals surface area contributed by atoms with Gasteiger partial charge in [-0.25, -0.2) is 9.78 Å². The van der Waals surface area contributed by atoms with Gasteiger partial charge in [-0.05, 0) is 31.3 Å². The van der Waals surface area contributed by atoms with Crippen molar-refractivity contribution in [1.82, 2.24) is 0 Å². The van der Waals surface area contributed by atoms with E-state index in [4.69, 9.17) is 14.5 Å². The topological polar surface area (TPSA) is 27.7 Å². The monoisotopic (exact) mass is 240 g/mol. The van der Waals surface area contributed by atoms with Crippen molar-refractivity contribution < 1.29 is 14.5 Å². The maximum atomic E-state index is 6.24. The molecule has 0 amide bonds. The molecule has 1 aliphatic carbocycles. The van der Waals surface area contributed by atoms with E-state index in [1.54, 1.807) is 0 Å². The van der Waals surface area contributed by atoms with Gasteiger partial charge in [-0.2, -0.15) is 0 Å². The smallest absolute Gasteiger partial charge is 0.201 e. The van der Waals surface area contributed by atoms with Crippen LogP contribution >= 0.6 is 0 Å². The van der Waals surface area contributed by atoms with Gasteiger partial charge < -0.3 is 4.74 Å². The minimum absolute atomic E-state index is 0.0550. The zero-order valence-electron chi connectivity index (χ0n) is 11.2. The Morgan fingerprint density at radius 1 is 1.24 bits per heavy atom. The number of hydrogen-bond acceptors (Lipinski definition) is 3. The molecule has 17 heavy (non-hydrogen) atoms. The molecule has 0 aromatic heterocycles. The minimum Gasteiger partial charge on any atom is -0.340 e. The second kappa shape index (κ2) is 5.09. The molecule has 0 unspecified atom stereocenters. The Labute approximate surface area is 104 Å². The molecule has 1 saturated heterocycles. The Kier molecular flexibility index (Phi) is 3.91. The van der Waals surface area contributed by atoms with Gasteiger partial charge in [-0.15, -0.1) is 0 Å². The fourth-order valence-electron chi connectivity index (χ4n) is 2.66. The molecule has 1 saturated carbocycles. The normalized spacial score (nSPS) is 32.9. The summed E-state index contributed by atoms with van der Waals surface area (Å²) in [5, 5.41) is 0. The molecule has 2 rings (SSSR count). The summed E-state index contributed by atoms with van der Waals surface area (Å²) in [7, 11) is 0. The molecule has 0 aromatic rings. The Morgan fingerprint density at radius 2 is 1.88 bits per heavy atom. The zero-order chi connectivity index (χ0) is 12.5. The third-order valence-electron chi connectivity index (χ3n) is 3.71. The average molecular weight is 240 g/mol. The molecule has 1 spiro atoms. The number of hydrogen-bond donors (Lipinski definition) is 0. The minimum atomic E-state index is -0.487. The highest BCUT2D eigenvalue weighted by Crippen LogP contribution is 2.40. The fourth-order valence-corrected chi connectivity index (χ4v) is 2.66. The van der Waals surface area contributed by atoms with Gasteiger partial charge in [0.2, 0.25) is 5.79 Å². The SMILES string of the molecule is C=C(C)[C@@H]1OOC2(CCCCC2)O[C@H]1C(C)C. The lowest BCUT2D eigenvalue weighted by Crippen LogP contribution is -2.53. The molecule has 1 aliphatic heterocycles. The lowest BCUT2D eigenvalue weighted by molar-refractivity contribution is -0.504. The van der Waals surface area contributed by atoms with Crippen molar-refractivity contribution in [3.05, 3.63) is 12.2 Å². The van der Waals surface area contributed by atoms with E-state index < -0.39 is 5.79 Å². The molecule has 0 aromatic carbocycles. The first-order valence-electron chi connectivity index (χ1n) is 6.72. The summed E-state index contributed by atoms with van der Waals surface area (Å²) in [5.74, 6) is -0.0847. The van der Waals surface area contributed by atoms with Crippen LogP contribution < -0.4 is 0 Å². The lowest BCUT2D eigenvalue weighted by Gasteiger charge is -2.46. The summed E-state index contributed by atoms with van der Waals surface area (Å²) in [6.45, 7) is 10.2. The highest BCUT2D eigenvalue weighted by atomic mass is 17.2. The Morgan fingerprint density at radius 3 is 2.41 bits per heavy atom. The Balaban J connectivity index is 2.10. The molecule has 0 bridgehead atoms. The van der Waals surface area contributed by atoms with Crippen molar-refractivity contribution in [3.63, 3.8) is 0 Å². The Bertz CT molecular complexity index is 279. The van der Waals surface area contributed by atoms with Crippen LogP contribution in [0.2, 0.25) is 0 Å². The van der Waals surface area contributed by atoms with Crippen molar-refractivity contribution >= 4 is 0 Å². The third kappa shape index (κ3) is 2.72. The maximum absolute atomic E-state index is 6.24. The van der Waals surface area contributed by atoms with E-state index in [9.17, 15) is 0 Å². The molecule has 2 aliphatic rings. The van der Waals surface area contributed by atoms with Crippen LogP contribution in [0.5, 0.6) is 0 Å². The molecule has 2 fully saturated rings. The molecule has 0 N–H and O–H groups in total. The summed E-state index contributed by atoms with van der Waals surface area (Å²) >= 11 is 0. The largest absolute Gasteiger partial charge is 0.340 e. The summed E-state index contributed by atoms with van der Waals surface area (Å²) in [6, 6.07) is 0. The second-order valence-electron chi connectivity index (χ2n) is 5.74. The molecule has 3 heteroatoms. The van der Waals surface area contributed by atoms with E-state index >= 15 is 0 Å². The first kappa shape index (κ1) is 13.1. The van der Waals surface area contributed by atoms with Crippen molar-refractivity contribution in [2.45, 2.75) is 70.9 Å². The molecule has 0 radical (unpaired) electrons. The van der Waals surface area contributed by atoms with Gasteiger partial charge in [-0.3, -0.25) is 0 Å². The summed E-state index contributed by atoms with van der Waals surface area (Å²) < 4.78 is 6.24. The Hall–Kier alpha value is -0.380. The molecule has 3 nitrogen and oxygen atoms in total. The lowest BCUT2D eigenvalue weighted by atomic mass is 9.91. The number of ether oxygens (including phenoxy) is 1. The highest BCUT2D eigenvalue weighted by Gasteiger charge is 2.46. The predicted octanol–water partition coefficient (Wildman–Crippen LogP) is 3.59. The van der Waals surface area contributed by atoms with E-state index in [1.165, 1.54) is 6.42 Å². The van der Waals surface area contributed by atoms with Gasteiger partial charge in [0.1, 0.15) is 6.10 Å². The highest BCUT2D eigenvalue weighted by molar-refractivity contribution is 5.03. The van der Waals surface area contributed by atoms with Crippen molar-refractivity contribution in [2.24, 2.45) is 5.92 Å². The molecule has 2 atom stereocenters. The van der Waals surface area contributed by atoms with Crippen LogP contribution in [0.15, 0.2) is 12.2 Å². The summed E-state index contributed by atoms with van der Waals surface area (Å²) in [5.41, 5.74) is 0.967. The van der Waals surface area contributed by atoms with E-state index in [1.807, 2.05) is 6.92 Å². The molecule has 98 valence electrons. The predicted molar refractivity (Wildman–Crippen MR) is 66.3 cm³/mol. The van der Waals surface area contributed by atoms with E-state index in [2.05, 4.69) is 20.4 Å². The quantitative estimate of drug-likeness (QED) is 0.545. The van der Waals surface area contributed by atoms with Crippen LogP contribution in [0.4, 0.5) is 0 Å². The van der Waals surface area contributed by atoms with Gasteiger partial charge in [0.15, 0.2) is 0 Å². The van der Waals surface area contributed by atoms with Crippen LogP contribution in [0.25, 0.3) is 0 Å². The number of rotatable bonds is 2. The molecular formula is C14H24O3. The van der Waals surface area contributed by atoms with Crippen LogP contribution in [-0.2, 0) is 14.5 Å². The van der Waals surface area contributed by atoms with Crippen molar-refractivity contribution in [3.8, 4) is 0 Å². The van der Waals surface area contributed by atoms with Crippen LogP contribution in [-0.4, -0.2) is 18.0 Å². The van der Waals surface area contributed by atoms with Crippen LogP contribution in [0, 0.1) is 5.92 Å². The van der Waals surface area contributed by atoms with Crippen LogP contribution in [0.3, 0.4) is 0 Å². The van der Waals surface area contributed by atoms with E-state index in [0.29, 0.717) is 5.92 Å². The van der Waals surface area contributed by atoms with Gasteiger partial charge in [0.05, 0.1) is 6.10 Å². The standard InChI is InChI=1S/C14H24O3/c1-10(2)12-13(11(3)4)16-17-14(15-12)8-6-5-7-9-14/h10,12-13H,3,5-9H2,1-2,4H3/t12-,13-/m0/s1. The van der Waals surface area contributed by atoms with E-state index in [-0.39, 0.29) is 12.2 Å². The summed E-state index contributed by atoms with van der Waals surface area (Å²) in [6.07, 6.45) is 5.39. The first-order valence-corrected chi connectivity index (χ1v) is 6.72. The maximum Gasteiger partial charge on any atom is 0.201 e. The third-order valence-corrected chi connectivity index (χ3v) is 3.71. The molecule has 1 heterocycles. The second-order valence-corrected chi connectivity index (χ2v) is 5.74.